The molecule has 104 valence electrons. The summed E-state index contributed by atoms with van der Waals surface area (Å²) in [6.45, 7) is 0. The van der Waals surface area contributed by atoms with Crippen molar-refractivity contribution in [1.29, 1.82) is 0 Å². The van der Waals surface area contributed by atoms with Gasteiger partial charge in [0.25, 0.3) is 0 Å². The molecule has 0 bridgehead atoms. The molecular formula is C20H19N. The highest BCUT2D eigenvalue weighted by molar-refractivity contribution is 5.50. The van der Waals surface area contributed by atoms with Gasteiger partial charge in [-0.3, -0.25) is 0 Å². The third-order valence-corrected chi connectivity index (χ3v) is 3.56. The third-order valence-electron chi connectivity index (χ3n) is 3.56. The molecule has 0 aromatic heterocycles. The smallest absolute Gasteiger partial charge is 0.0381 e. The van der Waals surface area contributed by atoms with Gasteiger partial charge in [-0.25, -0.2) is 0 Å². The molecule has 1 aromatic rings. The van der Waals surface area contributed by atoms with E-state index in [0.717, 1.165) is 12.1 Å². The largest absolute Gasteiger partial charge is 0.359 e. The summed E-state index contributed by atoms with van der Waals surface area (Å²) in [4.78, 5) is 0. The van der Waals surface area contributed by atoms with E-state index in [-0.39, 0.29) is 0 Å². The van der Waals surface area contributed by atoms with Crippen molar-refractivity contribution in [2.24, 2.45) is 5.92 Å². The molecule has 0 fully saturated rings. The van der Waals surface area contributed by atoms with Gasteiger partial charge in [0.1, 0.15) is 0 Å². The fourth-order valence-corrected chi connectivity index (χ4v) is 2.50. The van der Waals surface area contributed by atoms with Gasteiger partial charge >= 0.3 is 0 Å². The van der Waals surface area contributed by atoms with Crippen molar-refractivity contribution < 1.29 is 0 Å². The molecule has 0 saturated heterocycles. The SMILES string of the molecule is C1=CC2=CCC(Nc3ccccc3)=CC2C=C/C=C\C=C/1. The van der Waals surface area contributed by atoms with Gasteiger partial charge in [0.05, 0.1) is 0 Å². The number of anilines is 1. The molecule has 21 heavy (non-hydrogen) atoms. The third kappa shape index (κ3) is 3.73. The first kappa shape index (κ1) is 13.4. The van der Waals surface area contributed by atoms with Crippen LogP contribution in [0.25, 0.3) is 0 Å². The molecule has 1 nitrogen and oxygen atoms in total. The molecule has 2 aliphatic rings. The van der Waals surface area contributed by atoms with E-state index in [1.807, 2.05) is 18.2 Å². The second-order valence-corrected chi connectivity index (χ2v) is 5.13. The van der Waals surface area contributed by atoms with E-state index in [1.54, 1.807) is 0 Å². The molecule has 1 N–H and O–H groups in total. The van der Waals surface area contributed by atoms with Crippen molar-refractivity contribution >= 4 is 5.69 Å². The molecule has 2 aliphatic carbocycles. The minimum atomic E-state index is 0.331. The average molecular weight is 273 g/mol. The summed E-state index contributed by atoms with van der Waals surface area (Å²) in [5.74, 6) is 0.331. The van der Waals surface area contributed by atoms with Crippen LogP contribution in [-0.4, -0.2) is 0 Å². The lowest BCUT2D eigenvalue weighted by atomic mass is 9.90. The van der Waals surface area contributed by atoms with Crippen LogP contribution in [0.5, 0.6) is 0 Å². The van der Waals surface area contributed by atoms with Crippen LogP contribution in [0.2, 0.25) is 0 Å². The van der Waals surface area contributed by atoms with Crippen molar-refractivity contribution in [3.8, 4) is 0 Å². The molecule has 0 spiro atoms. The summed E-state index contributed by atoms with van der Waals surface area (Å²) in [5.41, 5.74) is 3.75. The predicted molar refractivity (Wildman–Crippen MR) is 90.9 cm³/mol. The lowest BCUT2D eigenvalue weighted by Crippen LogP contribution is -2.08. The van der Waals surface area contributed by atoms with E-state index in [4.69, 9.17) is 0 Å². The Hall–Kier alpha value is -2.54. The highest BCUT2D eigenvalue weighted by atomic mass is 14.9. The number of nitrogens with one attached hydrogen (secondary N) is 1. The highest BCUT2D eigenvalue weighted by Gasteiger charge is 2.12. The molecule has 3 rings (SSSR count). The van der Waals surface area contributed by atoms with Crippen LogP contribution in [-0.2, 0) is 0 Å². The number of allylic oxidation sites excluding steroid dienone is 11. The van der Waals surface area contributed by atoms with E-state index in [1.165, 1.54) is 11.3 Å². The molecule has 0 saturated carbocycles. The Kier molecular flexibility index (Phi) is 4.33. The van der Waals surface area contributed by atoms with E-state index < -0.39 is 0 Å². The van der Waals surface area contributed by atoms with Gasteiger partial charge in [-0.1, -0.05) is 79.0 Å². The molecule has 0 aliphatic heterocycles. The summed E-state index contributed by atoms with van der Waals surface area (Å²) in [6.07, 6.45) is 22.4. The van der Waals surface area contributed by atoms with Crippen LogP contribution < -0.4 is 5.32 Å². The minimum absolute atomic E-state index is 0.331. The Labute approximate surface area is 126 Å². The lowest BCUT2D eigenvalue weighted by Gasteiger charge is -2.20. The summed E-state index contributed by atoms with van der Waals surface area (Å²) in [7, 11) is 0. The van der Waals surface area contributed by atoms with Crippen molar-refractivity contribution in [2.45, 2.75) is 6.42 Å². The molecular weight excluding hydrogens is 254 g/mol. The molecule has 1 heteroatoms. The Morgan fingerprint density at radius 1 is 0.857 bits per heavy atom. The monoisotopic (exact) mass is 273 g/mol. The van der Waals surface area contributed by atoms with Crippen molar-refractivity contribution in [2.75, 3.05) is 5.32 Å². The van der Waals surface area contributed by atoms with E-state index in [0.29, 0.717) is 5.92 Å². The van der Waals surface area contributed by atoms with Crippen LogP contribution in [0.15, 0.2) is 102 Å². The number of rotatable bonds is 2. The standard InChI is InChI=1S/C20H19N/c1-2-4-7-11-18-16-20(15-14-17(18)10-6-3-1)21-19-12-8-5-9-13-19/h1-14,16,18,21H,15H2/b3-1-,4-2-,10-6?,11-7?. The maximum atomic E-state index is 3.50. The Morgan fingerprint density at radius 3 is 2.48 bits per heavy atom. The summed E-state index contributed by atoms with van der Waals surface area (Å²) >= 11 is 0. The first-order valence-electron chi connectivity index (χ1n) is 7.33. The normalized spacial score (nSPS) is 23.5. The quantitative estimate of drug-likeness (QED) is 0.784. The topological polar surface area (TPSA) is 12.0 Å². The van der Waals surface area contributed by atoms with E-state index in [9.17, 15) is 0 Å². The zero-order valence-corrected chi connectivity index (χ0v) is 11.9. The number of para-hydroxylation sites is 1. The van der Waals surface area contributed by atoms with Gasteiger partial charge in [-0.15, -0.1) is 0 Å². The van der Waals surface area contributed by atoms with Crippen molar-refractivity contribution in [3.63, 3.8) is 0 Å². The molecule has 0 amide bonds. The molecule has 1 atom stereocenters. The van der Waals surface area contributed by atoms with Gasteiger partial charge < -0.3 is 5.32 Å². The molecule has 0 heterocycles. The maximum absolute atomic E-state index is 3.50. The highest BCUT2D eigenvalue weighted by Crippen LogP contribution is 2.27. The summed E-state index contributed by atoms with van der Waals surface area (Å²) < 4.78 is 0. The van der Waals surface area contributed by atoms with Gasteiger partial charge in [-0.05, 0) is 17.7 Å². The number of benzene rings is 1. The maximum Gasteiger partial charge on any atom is 0.0381 e. The Balaban J connectivity index is 1.80. The zero-order chi connectivity index (χ0) is 14.3. The van der Waals surface area contributed by atoms with Gasteiger partial charge in [0, 0.05) is 23.7 Å². The zero-order valence-electron chi connectivity index (χ0n) is 11.9. The Morgan fingerprint density at radius 2 is 1.62 bits per heavy atom. The molecule has 0 radical (unpaired) electrons. The molecule has 1 aromatic carbocycles. The van der Waals surface area contributed by atoms with Crippen LogP contribution in [0, 0.1) is 5.92 Å². The van der Waals surface area contributed by atoms with Crippen LogP contribution in [0.4, 0.5) is 5.69 Å². The van der Waals surface area contributed by atoms with Crippen molar-refractivity contribution in [3.05, 3.63) is 102 Å². The predicted octanol–water partition coefficient (Wildman–Crippen LogP) is 5.17. The van der Waals surface area contributed by atoms with Crippen LogP contribution in [0.3, 0.4) is 0 Å². The lowest BCUT2D eigenvalue weighted by molar-refractivity contribution is 0.929. The van der Waals surface area contributed by atoms with Crippen molar-refractivity contribution in [1.82, 2.24) is 0 Å². The fourth-order valence-electron chi connectivity index (χ4n) is 2.50. The summed E-state index contributed by atoms with van der Waals surface area (Å²) in [6, 6.07) is 10.3. The second-order valence-electron chi connectivity index (χ2n) is 5.13. The Bertz CT molecular complexity index is 654. The first-order chi connectivity index (χ1) is 10.4. The van der Waals surface area contributed by atoms with Gasteiger partial charge in [-0.2, -0.15) is 0 Å². The molecule has 1 unspecified atom stereocenters. The summed E-state index contributed by atoms with van der Waals surface area (Å²) in [5, 5.41) is 3.50. The second kappa shape index (κ2) is 6.76. The van der Waals surface area contributed by atoms with Crippen LogP contribution >= 0.6 is 0 Å². The van der Waals surface area contributed by atoms with Gasteiger partial charge in [0.15, 0.2) is 0 Å². The number of hydrogen-bond acceptors (Lipinski definition) is 1. The van der Waals surface area contributed by atoms with Crippen LogP contribution in [0.1, 0.15) is 6.42 Å². The van der Waals surface area contributed by atoms with Gasteiger partial charge in [0.2, 0.25) is 0 Å². The number of fused-ring (bicyclic) bond motifs is 1. The number of hydrogen-bond donors (Lipinski definition) is 1. The minimum Gasteiger partial charge on any atom is -0.359 e. The van der Waals surface area contributed by atoms with E-state index >= 15 is 0 Å². The average Bonchev–Trinajstić information content (AvgIpc) is 2.53. The van der Waals surface area contributed by atoms with E-state index in [2.05, 4.69) is 78.2 Å². The first-order valence-corrected chi connectivity index (χ1v) is 7.33. The fraction of sp³-hybridized carbons (Fsp3) is 0.100.